The van der Waals surface area contributed by atoms with Gasteiger partial charge in [-0.3, -0.25) is 0 Å². The molecule has 0 atom stereocenters. The Balaban J connectivity index is 2.97. The molecule has 0 saturated heterocycles. The van der Waals surface area contributed by atoms with Crippen LogP contribution in [0, 0.1) is 24.7 Å². The summed E-state index contributed by atoms with van der Waals surface area (Å²) < 4.78 is 0. The summed E-state index contributed by atoms with van der Waals surface area (Å²) in [6.07, 6.45) is 10.5. The molecule has 1 aromatic rings. The maximum absolute atomic E-state index is 5.90. The number of hydrogen-bond acceptors (Lipinski definition) is 1. The largest absolute Gasteiger partial charge is 0.349 e. The van der Waals surface area contributed by atoms with Crippen LogP contribution >= 0.6 is 23.2 Å². The highest BCUT2D eigenvalue weighted by Gasteiger charge is 2.05. The third-order valence-electron chi connectivity index (χ3n) is 1.83. The van der Waals surface area contributed by atoms with E-state index < -0.39 is 0 Å². The molecular formula is C12H9Cl2N. The predicted molar refractivity (Wildman–Crippen MR) is 66.3 cm³/mol. The van der Waals surface area contributed by atoms with Crippen LogP contribution in [-0.2, 0) is 0 Å². The van der Waals surface area contributed by atoms with E-state index in [0.29, 0.717) is 23.1 Å². The predicted octanol–water partition coefficient (Wildman–Crippen LogP) is 3.07. The van der Waals surface area contributed by atoms with E-state index in [1.54, 1.807) is 12.1 Å². The van der Waals surface area contributed by atoms with Crippen LogP contribution in [0.5, 0.6) is 0 Å². The minimum atomic E-state index is 0.447. The zero-order valence-corrected chi connectivity index (χ0v) is 9.52. The molecule has 76 valence electrons. The van der Waals surface area contributed by atoms with Crippen molar-refractivity contribution in [2.24, 2.45) is 0 Å². The molecule has 0 aliphatic rings. The van der Waals surface area contributed by atoms with Crippen LogP contribution in [0.25, 0.3) is 0 Å². The number of anilines is 1. The average molecular weight is 238 g/mol. The summed E-state index contributed by atoms with van der Waals surface area (Å²) >= 11 is 11.7. The van der Waals surface area contributed by atoms with Crippen molar-refractivity contribution in [2.75, 3.05) is 18.0 Å². The van der Waals surface area contributed by atoms with E-state index in [0.717, 1.165) is 5.69 Å². The van der Waals surface area contributed by atoms with Crippen molar-refractivity contribution in [1.82, 2.24) is 0 Å². The van der Waals surface area contributed by atoms with Gasteiger partial charge in [-0.15, -0.1) is 12.8 Å². The Labute approximate surface area is 100.0 Å². The first kappa shape index (κ1) is 11.8. The lowest BCUT2D eigenvalue weighted by atomic mass is 10.3. The molecule has 0 aromatic heterocycles. The Morgan fingerprint density at radius 1 is 1.07 bits per heavy atom. The monoisotopic (exact) mass is 237 g/mol. The molecular weight excluding hydrogens is 229 g/mol. The minimum absolute atomic E-state index is 0.447. The van der Waals surface area contributed by atoms with Gasteiger partial charge in [-0.05, 0) is 18.2 Å². The molecule has 0 aliphatic carbocycles. The van der Waals surface area contributed by atoms with Gasteiger partial charge in [0.2, 0.25) is 0 Å². The van der Waals surface area contributed by atoms with Gasteiger partial charge in [0.05, 0.1) is 23.1 Å². The van der Waals surface area contributed by atoms with Gasteiger partial charge in [0.25, 0.3) is 0 Å². The van der Waals surface area contributed by atoms with E-state index in [-0.39, 0.29) is 0 Å². The van der Waals surface area contributed by atoms with Crippen molar-refractivity contribution >= 4 is 28.9 Å². The third kappa shape index (κ3) is 3.10. The fourth-order valence-electron chi connectivity index (χ4n) is 1.14. The first-order valence-electron chi connectivity index (χ1n) is 4.26. The highest BCUT2D eigenvalue weighted by molar-refractivity contribution is 6.42. The zero-order valence-electron chi connectivity index (χ0n) is 8.00. The molecule has 0 fully saturated rings. The first-order chi connectivity index (χ1) is 7.19. The van der Waals surface area contributed by atoms with Crippen molar-refractivity contribution in [2.45, 2.75) is 0 Å². The first-order valence-corrected chi connectivity index (χ1v) is 5.01. The molecule has 0 unspecified atom stereocenters. The molecule has 1 aromatic carbocycles. The molecule has 15 heavy (non-hydrogen) atoms. The molecule has 0 amide bonds. The lowest BCUT2D eigenvalue weighted by Gasteiger charge is -2.19. The maximum atomic E-state index is 5.90. The second-order valence-corrected chi connectivity index (χ2v) is 3.68. The van der Waals surface area contributed by atoms with E-state index >= 15 is 0 Å². The summed E-state index contributed by atoms with van der Waals surface area (Å²) in [5.41, 5.74) is 0.875. The SMILES string of the molecule is C#CCN(CC#C)c1ccc(Cl)c(Cl)c1. The van der Waals surface area contributed by atoms with Gasteiger partial charge in [-0.1, -0.05) is 35.0 Å². The van der Waals surface area contributed by atoms with E-state index in [1.807, 2.05) is 11.0 Å². The van der Waals surface area contributed by atoms with Gasteiger partial charge in [0, 0.05) is 5.69 Å². The Bertz CT molecular complexity index is 410. The van der Waals surface area contributed by atoms with E-state index in [2.05, 4.69) is 11.8 Å². The number of rotatable bonds is 3. The standard InChI is InChI=1S/C12H9Cl2N/c1-3-7-15(8-4-2)10-5-6-11(13)12(14)9-10/h1-2,5-6,9H,7-8H2. The van der Waals surface area contributed by atoms with E-state index in [4.69, 9.17) is 36.0 Å². The van der Waals surface area contributed by atoms with Crippen LogP contribution in [0.4, 0.5) is 5.69 Å². The summed E-state index contributed by atoms with van der Waals surface area (Å²) in [4.78, 5) is 1.86. The van der Waals surface area contributed by atoms with Crippen molar-refractivity contribution < 1.29 is 0 Å². The van der Waals surface area contributed by atoms with Gasteiger partial charge in [0.15, 0.2) is 0 Å². The average Bonchev–Trinajstić information content (AvgIpc) is 2.22. The lowest BCUT2D eigenvalue weighted by Crippen LogP contribution is -2.23. The number of nitrogens with zero attached hydrogens (tertiary/aromatic N) is 1. The van der Waals surface area contributed by atoms with Gasteiger partial charge < -0.3 is 4.90 Å². The Morgan fingerprint density at radius 2 is 1.67 bits per heavy atom. The summed E-state index contributed by atoms with van der Waals surface area (Å²) in [6.45, 7) is 0.893. The smallest absolute Gasteiger partial charge is 0.0801 e. The van der Waals surface area contributed by atoms with Crippen LogP contribution in [0.15, 0.2) is 18.2 Å². The molecule has 1 rings (SSSR count). The summed E-state index contributed by atoms with van der Waals surface area (Å²) in [6, 6.07) is 5.31. The Morgan fingerprint density at radius 3 is 2.13 bits per heavy atom. The Kier molecular flexibility index (Phi) is 4.37. The number of halogens is 2. The van der Waals surface area contributed by atoms with Crippen LogP contribution in [0.3, 0.4) is 0 Å². The minimum Gasteiger partial charge on any atom is -0.349 e. The highest BCUT2D eigenvalue weighted by Crippen LogP contribution is 2.26. The molecule has 0 heterocycles. The molecule has 0 bridgehead atoms. The molecule has 0 saturated carbocycles. The van der Waals surface area contributed by atoms with Crippen molar-refractivity contribution in [3.63, 3.8) is 0 Å². The quantitative estimate of drug-likeness (QED) is 0.731. The third-order valence-corrected chi connectivity index (χ3v) is 2.57. The summed E-state index contributed by atoms with van der Waals surface area (Å²) in [5.74, 6) is 5.08. The normalized spacial score (nSPS) is 9.07. The summed E-state index contributed by atoms with van der Waals surface area (Å²) in [5, 5.41) is 1.01. The van der Waals surface area contributed by atoms with Gasteiger partial charge in [0.1, 0.15) is 0 Å². The van der Waals surface area contributed by atoms with Crippen LogP contribution in [0.1, 0.15) is 0 Å². The fourth-order valence-corrected chi connectivity index (χ4v) is 1.43. The second kappa shape index (κ2) is 5.56. The van der Waals surface area contributed by atoms with Crippen molar-refractivity contribution in [1.29, 1.82) is 0 Å². The summed E-state index contributed by atoms with van der Waals surface area (Å²) in [7, 11) is 0. The van der Waals surface area contributed by atoms with Crippen LogP contribution in [0.2, 0.25) is 10.0 Å². The molecule has 3 heteroatoms. The lowest BCUT2D eigenvalue weighted by molar-refractivity contribution is 0.986. The maximum Gasteiger partial charge on any atom is 0.0801 e. The number of benzene rings is 1. The van der Waals surface area contributed by atoms with Crippen molar-refractivity contribution in [3.8, 4) is 24.7 Å². The van der Waals surface area contributed by atoms with E-state index in [1.165, 1.54) is 0 Å². The molecule has 0 N–H and O–H groups in total. The van der Waals surface area contributed by atoms with E-state index in [9.17, 15) is 0 Å². The van der Waals surface area contributed by atoms with Crippen LogP contribution < -0.4 is 4.90 Å². The van der Waals surface area contributed by atoms with Crippen molar-refractivity contribution in [3.05, 3.63) is 28.2 Å². The fraction of sp³-hybridized carbons (Fsp3) is 0.167. The molecule has 0 spiro atoms. The topological polar surface area (TPSA) is 3.24 Å². The highest BCUT2D eigenvalue weighted by atomic mass is 35.5. The second-order valence-electron chi connectivity index (χ2n) is 2.86. The number of hydrogen-bond donors (Lipinski definition) is 0. The molecule has 0 radical (unpaired) electrons. The van der Waals surface area contributed by atoms with Gasteiger partial charge in [-0.25, -0.2) is 0 Å². The molecule has 0 aliphatic heterocycles. The Hall–Kier alpha value is -1.28. The van der Waals surface area contributed by atoms with Gasteiger partial charge in [-0.2, -0.15) is 0 Å². The number of terminal acetylenes is 2. The molecule has 1 nitrogen and oxygen atoms in total. The van der Waals surface area contributed by atoms with Gasteiger partial charge >= 0.3 is 0 Å². The van der Waals surface area contributed by atoms with Crippen LogP contribution in [-0.4, -0.2) is 13.1 Å². The zero-order chi connectivity index (χ0) is 11.3.